The number of nitrogens with zero attached hydrogens (tertiary/aromatic N) is 6. The van der Waals surface area contributed by atoms with Gasteiger partial charge in [0.2, 0.25) is 21.7 Å². The van der Waals surface area contributed by atoms with Crippen LogP contribution in [-0.2, 0) is 10.1 Å². The van der Waals surface area contributed by atoms with Gasteiger partial charge in [0.05, 0.1) is 32.6 Å². The summed E-state index contributed by atoms with van der Waals surface area (Å²) in [5, 5.41) is 35.1. The van der Waals surface area contributed by atoms with Crippen LogP contribution in [0.3, 0.4) is 0 Å². The molecule has 0 heterocycles. The Morgan fingerprint density at radius 1 is 0.538 bits per heavy atom. The van der Waals surface area contributed by atoms with E-state index in [-0.39, 0.29) is 33.5 Å². The summed E-state index contributed by atoms with van der Waals surface area (Å²) in [4.78, 5) is 70.7. The standard InChI is InChI=1S/C30H20N10O11S/c41-24-12-10-21(34-31-16-1-6-19(7-2-16)39(45)46)29(43)27(24)37-33-18-5-14-26(52(49,50)51)23(15-18)36-38-28-25(42)13-11-22(30(28)44)35-32-17-3-8-20(9-4-17)40(47)48/h1-15,31-33,36H,(H,49,50,51)/b34-21-,35-22-,37-27+,38-28+. The second-order valence-electron chi connectivity index (χ2n) is 10.2. The number of hydrogen-bond donors (Lipinski definition) is 5. The molecule has 0 atom stereocenters. The van der Waals surface area contributed by atoms with Crippen molar-refractivity contribution in [2.24, 2.45) is 20.4 Å². The molecule has 21 nitrogen and oxygen atoms in total. The molecular formula is C30H20N10O11S. The molecule has 5 aromatic rings. The molecule has 0 aliphatic carbocycles. The molecule has 0 saturated carbocycles. The van der Waals surface area contributed by atoms with Crippen molar-refractivity contribution in [2.75, 3.05) is 21.7 Å². The normalized spacial score (nSPS) is 12.8. The summed E-state index contributed by atoms with van der Waals surface area (Å²) in [6, 6.07) is 17.4. The third-order valence-corrected chi connectivity index (χ3v) is 7.67. The smallest absolute Gasteiger partial charge is 0.287 e. The molecule has 5 aromatic carbocycles. The van der Waals surface area contributed by atoms with E-state index < -0.39 is 63.0 Å². The number of hydrogen-bond acceptors (Lipinski definition) is 18. The summed E-state index contributed by atoms with van der Waals surface area (Å²) in [6.45, 7) is 0. The van der Waals surface area contributed by atoms with E-state index in [1.165, 1.54) is 48.5 Å². The minimum atomic E-state index is -4.91. The molecule has 0 bridgehead atoms. The molecule has 0 radical (unpaired) electrons. The number of nitro groups is 2. The zero-order valence-electron chi connectivity index (χ0n) is 25.8. The molecule has 5 N–H and O–H groups in total. The van der Waals surface area contributed by atoms with Gasteiger partial charge < -0.3 is 0 Å². The minimum absolute atomic E-state index is 0.0593. The molecule has 22 heteroatoms. The maximum Gasteiger partial charge on any atom is 0.296 e. The molecule has 262 valence electrons. The van der Waals surface area contributed by atoms with Crippen LogP contribution in [-0.4, -0.2) is 22.8 Å². The molecule has 0 aromatic heterocycles. The van der Waals surface area contributed by atoms with Crippen LogP contribution in [0.5, 0.6) is 0 Å². The van der Waals surface area contributed by atoms with Crippen molar-refractivity contribution in [3.8, 4) is 0 Å². The molecule has 0 amide bonds. The van der Waals surface area contributed by atoms with Gasteiger partial charge in [-0.2, -0.15) is 28.8 Å². The lowest BCUT2D eigenvalue weighted by Gasteiger charge is -2.08. The number of anilines is 4. The summed E-state index contributed by atoms with van der Waals surface area (Å²) >= 11 is 0. The lowest BCUT2D eigenvalue weighted by atomic mass is 10.3. The van der Waals surface area contributed by atoms with Gasteiger partial charge in [0.25, 0.3) is 21.5 Å². The van der Waals surface area contributed by atoms with E-state index in [4.69, 9.17) is 0 Å². The van der Waals surface area contributed by atoms with Crippen LogP contribution in [0.1, 0.15) is 0 Å². The van der Waals surface area contributed by atoms with Gasteiger partial charge in [-0.05, 0) is 66.7 Å². The van der Waals surface area contributed by atoms with Gasteiger partial charge in [0, 0.05) is 24.3 Å². The van der Waals surface area contributed by atoms with Crippen LogP contribution < -0.4 is 64.8 Å². The van der Waals surface area contributed by atoms with Crippen molar-refractivity contribution in [1.29, 1.82) is 0 Å². The maximum absolute atomic E-state index is 13.0. The lowest BCUT2D eigenvalue weighted by molar-refractivity contribution is -0.385. The Hall–Kier alpha value is -7.59. The molecule has 0 aliphatic rings. The fourth-order valence-electron chi connectivity index (χ4n) is 4.19. The van der Waals surface area contributed by atoms with E-state index in [9.17, 15) is 52.4 Å². The Morgan fingerprint density at radius 2 is 0.942 bits per heavy atom. The Bertz CT molecular complexity index is 2810. The summed E-state index contributed by atoms with van der Waals surface area (Å²) in [5.41, 5.74) is 5.79. The highest BCUT2D eigenvalue weighted by Crippen LogP contribution is 2.25. The molecule has 0 aliphatic heterocycles. The predicted molar refractivity (Wildman–Crippen MR) is 182 cm³/mol. The molecule has 5 rings (SSSR count). The van der Waals surface area contributed by atoms with Gasteiger partial charge in [-0.15, -0.1) is 0 Å². The summed E-state index contributed by atoms with van der Waals surface area (Å²) in [7, 11) is -4.91. The molecule has 0 spiro atoms. The summed E-state index contributed by atoms with van der Waals surface area (Å²) < 4.78 is 33.9. The fourth-order valence-corrected chi connectivity index (χ4v) is 4.81. The molecule has 0 saturated heterocycles. The number of benzene rings is 5. The van der Waals surface area contributed by atoms with E-state index in [2.05, 4.69) is 42.1 Å². The largest absolute Gasteiger partial charge is 0.296 e. The van der Waals surface area contributed by atoms with E-state index in [1.54, 1.807) is 0 Å². The lowest BCUT2D eigenvalue weighted by Crippen LogP contribution is -2.48. The van der Waals surface area contributed by atoms with Crippen LogP contribution >= 0.6 is 0 Å². The van der Waals surface area contributed by atoms with Gasteiger partial charge in [0.1, 0.15) is 15.6 Å². The van der Waals surface area contributed by atoms with Gasteiger partial charge in [-0.3, -0.25) is 65.7 Å². The zero-order valence-corrected chi connectivity index (χ0v) is 26.6. The summed E-state index contributed by atoms with van der Waals surface area (Å²) in [6.07, 6.45) is 0. The van der Waals surface area contributed by atoms with Gasteiger partial charge in [-0.25, -0.2) is 0 Å². The third kappa shape index (κ3) is 8.33. The van der Waals surface area contributed by atoms with Crippen molar-refractivity contribution >= 4 is 44.2 Å². The Labute approximate surface area is 287 Å². The quantitative estimate of drug-likeness (QED) is 0.0660. The van der Waals surface area contributed by atoms with Crippen molar-refractivity contribution in [3.63, 3.8) is 0 Å². The van der Waals surface area contributed by atoms with E-state index in [0.717, 1.165) is 42.5 Å². The first-order valence-electron chi connectivity index (χ1n) is 14.2. The molecule has 0 unspecified atom stereocenters. The van der Waals surface area contributed by atoms with Crippen LogP contribution in [0.25, 0.3) is 0 Å². The first-order chi connectivity index (χ1) is 24.7. The number of non-ortho nitro benzene ring substituents is 2. The first-order valence-corrected chi connectivity index (χ1v) is 15.6. The van der Waals surface area contributed by atoms with Gasteiger partial charge in [-0.1, -0.05) is 0 Å². The predicted octanol–water partition coefficient (Wildman–Crippen LogP) is -0.347. The van der Waals surface area contributed by atoms with Crippen molar-refractivity contribution < 1.29 is 22.8 Å². The van der Waals surface area contributed by atoms with E-state index in [1.807, 2.05) is 0 Å². The Kier molecular flexibility index (Phi) is 10.2. The number of nitro benzene ring substituents is 2. The van der Waals surface area contributed by atoms with Crippen LogP contribution in [0, 0.1) is 20.2 Å². The maximum atomic E-state index is 13.0. The molecule has 0 fully saturated rings. The Balaban J connectivity index is 1.45. The number of rotatable bonds is 11. The van der Waals surface area contributed by atoms with Crippen molar-refractivity contribution in [2.45, 2.75) is 4.90 Å². The zero-order chi connectivity index (χ0) is 37.6. The first kappa shape index (κ1) is 35.7. The van der Waals surface area contributed by atoms with E-state index >= 15 is 0 Å². The highest BCUT2D eigenvalue weighted by atomic mass is 32.2. The average Bonchev–Trinajstić information content (AvgIpc) is 3.10. The van der Waals surface area contributed by atoms with Crippen molar-refractivity contribution in [1.82, 2.24) is 0 Å². The monoisotopic (exact) mass is 728 g/mol. The second-order valence-corrected chi connectivity index (χ2v) is 11.6. The highest BCUT2D eigenvalue weighted by Gasteiger charge is 2.16. The van der Waals surface area contributed by atoms with Crippen LogP contribution in [0.2, 0.25) is 0 Å². The second kappa shape index (κ2) is 14.9. The van der Waals surface area contributed by atoms with Crippen molar-refractivity contribution in [3.05, 3.63) is 174 Å². The van der Waals surface area contributed by atoms with Gasteiger partial charge >= 0.3 is 0 Å². The SMILES string of the molecule is O=c1cc/c(=N/Nc2ccc([N+](=O)[O-])cc2)c(=O)/c1=N/Nc1ccc(S(=O)(=O)O)c(N/N=c2\c(=O)cc/c(=N/Nc3ccc([N+](=O)[O-])cc3)c2=O)c1. The molecular weight excluding hydrogens is 708 g/mol. The molecule has 52 heavy (non-hydrogen) atoms. The number of nitrogens with one attached hydrogen (secondary N) is 4. The van der Waals surface area contributed by atoms with Crippen LogP contribution in [0.15, 0.2) is 135 Å². The van der Waals surface area contributed by atoms with Gasteiger partial charge in [0.15, 0.2) is 10.7 Å². The highest BCUT2D eigenvalue weighted by molar-refractivity contribution is 7.86. The minimum Gasteiger partial charge on any atom is -0.287 e. The average molecular weight is 729 g/mol. The fraction of sp³-hybridized carbons (Fsp3) is 0. The topological polar surface area (TPSA) is 306 Å². The third-order valence-electron chi connectivity index (χ3n) is 6.76. The Morgan fingerprint density at radius 3 is 1.37 bits per heavy atom. The summed E-state index contributed by atoms with van der Waals surface area (Å²) in [5.74, 6) is 0. The van der Waals surface area contributed by atoms with Crippen LogP contribution in [0.4, 0.5) is 34.1 Å². The van der Waals surface area contributed by atoms with E-state index in [0.29, 0.717) is 5.69 Å².